The summed E-state index contributed by atoms with van der Waals surface area (Å²) in [5, 5.41) is 12.8. The quantitative estimate of drug-likeness (QED) is 0.650. The molecule has 0 saturated heterocycles. The summed E-state index contributed by atoms with van der Waals surface area (Å²) in [4.78, 5) is 11.1. The number of carbonyl (C=O) groups is 1. The van der Waals surface area contributed by atoms with Crippen molar-refractivity contribution in [3.8, 4) is 17.6 Å². The number of fused-ring (bicyclic) bond motifs is 1. The Hall–Kier alpha value is -1.99. The number of aromatic hydroxyl groups is 1. The number of nitrogens with one attached hydrogen (secondary N) is 1. The summed E-state index contributed by atoms with van der Waals surface area (Å²) in [6.45, 7) is 2.72. The number of ether oxygens (including phenoxy) is 1. The first-order valence-electron chi connectivity index (χ1n) is 6.87. The van der Waals surface area contributed by atoms with E-state index in [1.54, 1.807) is 13.0 Å². The minimum absolute atomic E-state index is 0.143. The zero-order valence-corrected chi connectivity index (χ0v) is 11.6. The lowest BCUT2D eigenvalue weighted by Gasteiger charge is -2.11. The molecule has 0 radical (unpaired) electrons. The van der Waals surface area contributed by atoms with E-state index in [1.807, 2.05) is 12.1 Å². The molecular weight excluding hydrogens is 254 g/mol. The lowest BCUT2D eigenvalue weighted by Crippen LogP contribution is -2.19. The normalized spacial score (nSPS) is 16.1. The van der Waals surface area contributed by atoms with Crippen molar-refractivity contribution >= 4 is 5.97 Å². The Kier molecular flexibility index (Phi) is 5.03. The molecule has 20 heavy (non-hydrogen) atoms. The lowest BCUT2D eigenvalue weighted by atomic mass is 10.1. The van der Waals surface area contributed by atoms with Gasteiger partial charge < -0.3 is 9.84 Å². The summed E-state index contributed by atoms with van der Waals surface area (Å²) in [5.41, 5.74) is 2.43. The van der Waals surface area contributed by atoms with Gasteiger partial charge in [0.1, 0.15) is 12.2 Å². The van der Waals surface area contributed by atoms with Crippen LogP contribution < -0.4 is 5.32 Å². The van der Waals surface area contributed by atoms with Gasteiger partial charge in [-0.1, -0.05) is 17.9 Å². The number of aryl methyl sites for hydroxylation is 1. The third-order valence-electron chi connectivity index (χ3n) is 3.30. The van der Waals surface area contributed by atoms with Gasteiger partial charge in [-0.25, -0.2) is 0 Å². The molecule has 1 aliphatic rings. The van der Waals surface area contributed by atoms with Crippen LogP contribution in [0, 0.1) is 11.8 Å². The highest BCUT2D eigenvalue weighted by molar-refractivity contribution is 5.72. The van der Waals surface area contributed by atoms with Crippen molar-refractivity contribution in [2.75, 3.05) is 13.2 Å². The molecule has 0 bridgehead atoms. The van der Waals surface area contributed by atoms with Crippen molar-refractivity contribution in [2.45, 2.75) is 32.2 Å². The summed E-state index contributed by atoms with van der Waals surface area (Å²) in [5.74, 6) is 5.77. The summed E-state index contributed by atoms with van der Waals surface area (Å²) >= 11 is 0. The topological polar surface area (TPSA) is 58.6 Å². The number of rotatable bonds is 4. The number of benzene rings is 1. The van der Waals surface area contributed by atoms with Crippen molar-refractivity contribution in [2.24, 2.45) is 0 Å². The average Bonchev–Trinajstić information content (AvgIpc) is 2.81. The zero-order valence-electron chi connectivity index (χ0n) is 11.6. The second-order valence-electron chi connectivity index (χ2n) is 4.69. The molecule has 0 aromatic heterocycles. The highest BCUT2D eigenvalue weighted by atomic mass is 16.5. The van der Waals surface area contributed by atoms with Gasteiger partial charge in [0.2, 0.25) is 0 Å². The van der Waals surface area contributed by atoms with E-state index in [9.17, 15) is 9.90 Å². The number of phenolic OH excluding ortho intramolecular Hbond substituents is 1. The van der Waals surface area contributed by atoms with E-state index < -0.39 is 0 Å². The van der Waals surface area contributed by atoms with E-state index in [-0.39, 0.29) is 18.4 Å². The van der Waals surface area contributed by atoms with Gasteiger partial charge >= 0.3 is 5.97 Å². The van der Waals surface area contributed by atoms with Gasteiger partial charge in [0.05, 0.1) is 13.2 Å². The molecule has 106 valence electrons. The monoisotopic (exact) mass is 273 g/mol. The zero-order chi connectivity index (χ0) is 14.4. The Labute approximate surface area is 119 Å². The van der Waals surface area contributed by atoms with E-state index in [1.165, 1.54) is 11.1 Å². The molecule has 0 fully saturated rings. The molecule has 4 heteroatoms. The van der Waals surface area contributed by atoms with Crippen LogP contribution in [0.1, 0.15) is 36.9 Å². The van der Waals surface area contributed by atoms with Crippen molar-refractivity contribution in [1.29, 1.82) is 0 Å². The lowest BCUT2D eigenvalue weighted by molar-refractivity contribution is -0.141. The van der Waals surface area contributed by atoms with Gasteiger partial charge in [-0.2, -0.15) is 0 Å². The Morgan fingerprint density at radius 2 is 2.35 bits per heavy atom. The summed E-state index contributed by atoms with van der Waals surface area (Å²) in [7, 11) is 0. The molecule has 1 aliphatic carbocycles. The Morgan fingerprint density at radius 1 is 1.50 bits per heavy atom. The molecule has 0 aliphatic heterocycles. The number of hydrogen-bond acceptors (Lipinski definition) is 4. The minimum atomic E-state index is -0.276. The fraction of sp³-hybridized carbons (Fsp3) is 0.438. The predicted molar refractivity (Wildman–Crippen MR) is 76.2 cm³/mol. The molecule has 4 nitrogen and oxygen atoms in total. The van der Waals surface area contributed by atoms with Crippen LogP contribution in [0.4, 0.5) is 0 Å². The fourth-order valence-electron chi connectivity index (χ4n) is 2.40. The van der Waals surface area contributed by atoms with E-state index >= 15 is 0 Å². The maximum atomic E-state index is 11.1. The Morgan fingerprint density at radius 3 is 3.15 bits per heavy atom. The number of hydrogen-bond donors (Lipinski definition) is 2. The molecule has 0 spiro atoms. The van der Waals surface area contributed by atoms with Crippen LogP contribution in [0.25, 0.3) is 0 Å². The maximum Gasteiger partial charge on any atom is 0.317 e. The first-order valence-corrected chi connectivity index (χ1v) is 6.87. The van der Waals surface area contributed by atoms with Gasteiger partial charge in [0.25, 0.3) is 0 Å². The van der Waals surface area contributed by atoms with E-state index in [2.05, 4.69) is 17.2 Å². The predicted octanol–water partition coefficient (Wildman–Crippen LogP) is 1.93. The van der Waals surface area contributed by atoms with Crippen LogP contribution in [0.3, 0.4) is 0 Å². The molecule has 2 N–H and O–H groups in total. The Bertz CT molecular complexity index is 542. The van der Waals surface area contributed by atoms with Crippen LogP contribution in [0.15, 0.2) is 18.2 Å². The summed E-state index contributed by atoms with van der Waals surface area (Å²) < 4.78 is 4.79. The second kappa shape index (κ2) is 6.97. The minimum Gasteiger partial charge on any atom is -0.508 e. The molecule has 0 saturated carbocycles. The van der Waals surface area contributed by atoms with Crippen molar-refractivity contribution in [3.63, 3.8) is 0 Å². The highest BCUT2D eigenvalue weighted by Crippen LogP contribution is 2.32. The average molecular weight is 273 g/mol. The highest BCUT2D eigenvalue weighted by Gasteiger charge is 2.21. The first-order chi connectivity index (χ1) is 9.70. The Balaban J connectivity index is 1.80. The van der Waals surface area contributed by atoms with E-state index in [0.29, 0.717) is 18.9 Å². The van der Waals surface area contributed by atoms with Gasteiger partial charge in [-0.15, -0.1) is 0 Å². The smallest absolute Gasteiger partial charge is 0.317 e. The number of carbonyl (C=O) groups excluding carboxylic acids is 1. The molecule has 1 atom stereocenters. The van der Waals surface area contributed by atoms with Crippen LogP contribution in [-0.2, 0) is 16.0 Å². The molecule has 2 rings (SSSR count). The third kappa shape index (κ3) is 3.75. The number of phenols is 1. The van der Waals surface area contributed by atoms with Gasteiger partial charge in [-0.05, 0) is 43.0 Å². The molecule has 0 heterocycles. The van der Waals surface area contributed by atoms with Crippen LogP contribution in [-0.4, -0.2) is 24.2 Å². The van der Waals surface area contributed by atoms with Gasteiger partial charge in [-0.3, -0.25) is 10.1 Å². The standard InChI is InChI=1S/C16H19NO3/c1-2-20-16(19)5-3-4-10-17-15-9-6-12-11-13(18)7-8-14(12)15/h7-8,11,15,17-18H,2,5-6,9-10H2,1H3. The van der Waals surface area contributed by atoms with E-state index in [4.69, 9.17) is 4.74 Å². The summed E-state index contributed by atoms with van der Waals surface area (Å²) in [6.07, 6.45) is 2.13. The molecule has 1 aromatic rings. The van der Waals surface area contributed by atoms with Crippen molar-refractivity contribution < 1.29 is 14.6 Å². The third-order valence-corrected chi connectivity index (χ3v) is 3.30. The largest absolute Gasteiger partial charge is 0.508 e. The fourth-order valence-corrected chi connectivity index (χ4v) is 2.40. The van der Waals surface area contributed by atoms with Gasteiger partial charge in [0.15, 0.2) is 0 Å². The van der Waals surface area contributed by atoms with Crippen molar-refractivity contribution in [3.05, 3.63) is 29.3 Å². The molecule has 1 aromatic carbocycles. The van der Waals surface area contributed by atoms with Crippen molar-refractivity contribution in [1.82, 2.24) is 5.32 Å². The van der Waals surface area contributed by atoms with E-state index in [0.717, 1.165) is 12.8 Å². The molecular formula is C16H19NO3. The SMILES string of the molecule is CCOC(=O)CC#CCNC1CCc2cc(O)ccc21. The van der Waals surface area contributed by atoms with Gasteiger partial charge in [0, 0.05) is 6.04 Å². The van der Waals surface area contributed by atoms with Crippen LogP contribution in [0.2, 0.25) is 0 Å². The van der Waals surface area contributed by atoms with Crippen LogP contribution in [0.5, 0.6) is 5.75 Å². The number of esters is 1. The summed E-state index contributed by atoms with van der Waals surface area (Å²) in [6, 6.07) is 5.78. The van der Waals surface area contributed by atoms with Crippen LogP contribution >= 0.6 is 0 Å². The maximum absolute atomic E-state index is 11.1. The first kappa shape index (κ1) is 14.4. The second-order valence-corrected chi connectivity index (χ2v) is 4.69. The molecule has 1 unspecified atom stereocenters. The molecule has 0 amide bonds.